The second kappa shape index (κ2) is 16.9. The molecule has 0 bridgehead atoms. The summed E-state index contributed by atoms with van der Waals surface area (Å²) in [7, 11) is 0. The normalized spacial score (nSPS) is 11.6. The highest BCUT2D eigenvalue weighted by molar-refractivity contribution is 6.08. The van der Waals surface area contributed by atoms with E-state index in [4.69, 9.17) is 15.0 Å². The second-order valence-electron chi connectivity index (χ2n) is 16.7. The molecule has 0 aliphatic heterocycles. The largest absolute Gasteiger partial charge is 0.339 e. The zero-order valence-corrected chi connectivity index (χ0v) is 36.2. The van der Waals surface area contributed by atoms with Crippen molar-refractivity contribution in [1.82, 2.24) is 34.1 Å². The van der Waals surface area contributed by atoms with E-state index < -0.39 is 0 Å². The van der Waals surface area contributed by atoms with Gasteiger partial charge in [0.2, 0.25) is 0 Å². The molecule has 12 rings (SSSR count). The highest BCUT2D eigenvalue weighted by atomic mass is 15.0. The number of fused-ring (bicyclic) bond motifs is 6. The maximum Gasteiger partial charge on any atom is 0.164 e. The Balaban J connectivity index is 1.04. The number of rotatable bonds is 11. The number of benzene rings is 7. The Morgan fingerprint density at radius 2 is 0.682 bits per heavy atom. The molecule has 5 aromatic heterocycles. The quantitative estimate of drug-likeness (QED) is 0.130. The molecule has 0 fully saturated rings. The molecule has 7 nitrogen and oxygen atoms in total. The van der Waals surface area contributed by atoms with E-state index in [9.17, 15) is 0 Å². The molecule has 5 heterocycles. The highest BCUT2D eigenvalue weighted by Crippen LogP contribution is 2.38. The number of pyridine rings is 2. The van der Waals surface area contributed by atoms with Crippen LogP contribution in [-0.2, 0) is 25.9 Å². The van der Waals surface area contributed by atoms with Gasteiger partial charge in [-0.25, -0.2) is 15.0 Å². The summed E-state index contributed by atoms with van der Waals surface area (Å²) in [5, 5.41) is 4.86. The van der Waals surface area contributed by atoms with E-state index in [0.717, 1.165) is 75.9 Å². The van der Waals surface area contributed by atoms with Crippen LogP contribution < -0.4 is 0 Å². The van der Waals surface area contributed by atoms with E-state index >= 15 is 0 Å². The molecular formula is C59H43N7. The molecule has 0 aliphatic rings. The molecule has 7 aromatic carbocycles. The summed E-state index contributed by atoms with van der Waals surface area (Å²) in [5.74, 6) is 1.91. The Morgan fingerprint density at radius 3 is 1.15 bits per heavy atom. The van der Waals surface area contributed by atoms with E-state index in [2.05, 4.69) is 189 Å². The fourth-order valence-corrected chi connectivity index (χ4v) is 9.96. The van der Waals surface area contributed by atoms with Crippen molar-refractivity contribution < 1.29 is 0 Å². The maximum atomic E-state index is 5.52. The smallest absolute Gasteiger partial charge is 0.164 e. The molecule has 0 unspecified atom stereocenters. The van der Waals surface area contributed by atoms with E-state index in [-0.39, 0.29) is 0 Å². The highest BCUT2D eigenvalue weighted by Gasteiger charge is 2.22. The van der Waals surface area contributed by atoms with Crippen molar-refractivity contribution in [2.75, 3.05) is 0 Å². The van der Waals surface area contributed by atoms with Crippen LogP contribution in [-0.4, -0.2) is 34.1 Å². The first-order valence-corrected chi connectivity index (χ1v) is 22.6. The predicted octanol–water partition coefficient (Wildman–Crippen LogP) is 13.7. The van der Waals surface area contributed by atoms with Crippen LogP contribution in [0.4, 0.5) is 0 Å². The van der Waals surface area contributed by atoms with Crippen LogP contribution in [0.15, 0.2) is 213 Å². The van der Waals surface area contributed by atoms with E-state index in [0.29, 0.717) is 17.5 Å². The Hall–Kier alpha value is -8.55. The van der Waals surface area contributed by atoms with Crippen molar-refractivity contribution in [2.24, 2.45) is 0 Å². The summed E-state index contributed by atoms with van der Waals surface area (Å²) in [6, 6.07) is 66.2. The lowest BCUT2D eigenvalue weighted by molar-refractivity contribution is 0.744. The van der Waals surface area contributed by atoms with E-state index in [1.165, 1.54) is 43.7 Å². The zero-order valence-electron chi connectivity index (χ0n) is 36.2. The molecule has 12 aromatic rings. The number of para-hydroxylation sites is 2. The minimum Gasteiger partial charge on any atom is -0.339 e. The predicted molar refractivity (Wildman–Crippen MR) is 269 cm³/mol. The molecule has 0 aliphatic carbocycles. The number of hydrogen-bond acceptors (Lipinski definition) is 5. The second-order valence-corrected chi connectivity index (χ2v) is 16.7. The topological polar surface area (TPSA) is 74.3 Å². The van der Waals surface area contributed by atoms with Gasteiger partial charge in [-0.2, -0.15) is 0 Å². The maximum absolute atomic E-state index is 5.52. The molecule has 0 saturated heterocycles. The number of aryl methyl sites for hydroxylation is 2. The Kier molecular flexibility index (Phi) is 9.98. The van der Waals surface area contributed by atoms with Crippen molar-refractivity contribution in [3.05, 3.63) is 224 Å². The van der Waals surface area contributed by atoms with Gasteiger partial charge in [0, 0.05) is 74.8 Å². The van der Waals surface area contributed by atoms with Gasteiger partial charge < -0.3 is 9.13 Å². The lowest BCUT2D eigenvalue weighted by atomic mass is 9.92. The third-order valence-electron chi connectivity index (χ3n) is 13.0. The molecule has 0 amide bonds. The van der Waals surface area contributed by atoms with Gasteiger partial charge in [0.1, 0.15) is 0 Å². The van der Waals surface area contributed by atoms with Crippen molar-refractivity contribution in [2.45, 2.75) is 25.9 Å². The van der Waals surface area contributed by atoms with Gasteiger partial charge in [0.25, 0.3) is 0 Å². The summed E-state index contributed by atoms with van der Waals surface area (Å²) < 4.78 is 4.82. The average Bonchev–Trinajstić information content (AvgIpc) is 3.89. The molecule has 66 heavy (non-hydrogen) atoms. The number of nitrogens with zero attached hydrogens (tertiary/aromatic N) is 7. The third-order valence-corrected chi connectivity index (χ3v) is 13.0. The zero-order chi connectivity index (χ0) is 43.8. The van der Waals surface area contributed by atoms with Crippen LogP contribution in [0.3, 0.4) is 0 Å². The molecule has 7 heteroatoms. The summed E-state index contributed by atoms with van der Waals surface area (Å²) in [6.07, 6.45) is 9.20. The van der Waals surface area contributed by atoms with Gasteiger partial charge in [-0.05, 0) is 70.5 Å². The number of hydrogen-bond donors (Lipinski definition) is 0. The lowest BCUT2D eigenvalue weighted by Crippen LogP contribution is -2.08. The molecular weight excluding hydrogens is 807 g/mol. The van der Waals surface area contributed by atoms with Crippen molar-refractivity contribution in [3.63, 3.8) is 0 Å². The SMILES string of the molecule is c1ccc(-c2nc(-c3cccc(-c4ccccc4)c3CCn3c4ccccc4c4ccncc43)nc(-c3cccc(-c4ccccc4)c3CCn3c4ccccc4c4ccncc43)n2)cc1. The van der Waals surface area contributed by atoms with Gasteiger partial charge in [0.15, 0.2) is 17.5 Å². The minimum atomic E-state index is 0.629. The lowest BCUT2D eigenvalue weighted by Gasteiger charge is -2.19. The first-order valence-electron chi connectivity index (χ1n) is 22.6. The van der Waals surface area contributed by atoms with Crippen LogP contribution >= 0.6 is 0 Å². The van der Waals surface area contributed by atoms with Crippen LogP contribution in [0.1, 0.15) is 11.1 Å². The molecule has 314 valence electrons. The third kappa shape index (κ3) is 6.98. The Labute approximate surface area is 382 Å². The van der Waals surface area contributed by atoms with Gasteiger partial charge in [-0.1, -0.05) is 164 Å². The van der Waals surface area contributed by atoms with Crippen LogP contribution in [0.25, 0.3) is 100 Å². The number of aromatic nitrogens is 7. The molecule has 0 saturated carbocycles. The fraction of sp³-hybridized carbons (Fsp3) is 0.0678. The molecule has 0 radical (unpaired) electrons. The van der Waals surface area contributed by atoms with Crippen LogP contribution in [0.5, 0.6) is 0 Å². The summed E-state index contributed by atoms with van der Waals surface area (Å²) in [4.78, 5) is 25.4. The van der Waals surface area contributed by atoms with Crippen LogP contribution in [0, 0.1) is 0 Å². The van der Waals surface area contributed by atoms with E-state index in [1.54, 1.807) is 0 Å². The minimum absolute atomic E-state index is 0.629. The monoisotopic (exact) mass is 849 g/mol. The first kappa shape index (κ1) is 39.1. The van der Waals surface area contributed by atoms with Crippen molar-refractivity contribution in [1.29, 1.82) is 0 Å². The summed E-state index contributed by atoms with van der Waals surface area (Å²) in [6.45, 7) is 1.47. The molecule has 0 spiro atoms. The van der Waals surface area contributed by atoms with Gasteiger partial charge in [-0.15, -0.1) is 0 Å². The van der Waals surface area contributed by atoms with Crippen molar-refractivity contribution >= 4 is 43.6 Å². The van der Waals surface area contributed by atoms with Crippen molar-refractivity contribution in [3.8, 4) is 56.4 Å². The first-order chi connectivity index (χ1) is 32.8. The molecule has 0 atom stereocenters. The Bertz CT molecular complexity index is 3380. The average molecular weight is 850 g/mol. The van der Waals surface area contributed by atoms with Gasteiger partial charge >= 0.3 is 0 Å². The van der Waals surface area contributed by atoms with Gasteiger partial charge in [0.05, 0.1) is 23.4 Å². The standard InChI is InChI=1S/C59H43N7/c1-4-16-40(17-5-1)43-24-14-26-51(45(43)32-36-65-53-28-12-10-22-47(53)49-30-34-60-38-55(49)65)58-62-57(42-20-8-3-9-21-42)63-59(64-58)52-27-15-25-44(41-18-6-2-7-19-41)46(52)33-37-66-54-29-13-11-23-48(54)50-31-35-61-39-56(50)66/h1-31,34-35,38-39H,32-33,36-37H2. The van der Waals surface area contributed by atoms with E-state index in [1.807, 2.05) is 43.0 Å². The summed E-state index contributed by atoms with van der Waals surface area (Å²) >= 11 is 0. The summed E-state index contributed by atoms with van der Waals surface area (Å²) in [5.41, 5.74) is 14.5. The van der Waals surface area contributed by atoms with Gasteiger partial charge in [-0.3, -0.25) is 9.97 Å². The van der Waals surface area contributed by atoms with Crippen LogP contribution in [0.2, 0.25) is 0 Å². The fourth-order valence-electron chi connectivity index (χ4n) is 9.96. The Morgan fingerprint density at radius 1 is 0.303 bits per heavy atom. The molecule has 0 N–H and O–H groups in total.